The fourth-order valence-corrected chi connectivity index (χ4v) is 2.23. The number of hydrogen-bond donors (Lipinski definition) is 0. The predicted octanol–water partition coefficient (Wildman–Crippen LogP) is 4.71. The van der Waals surface area contributed by atoms with Gasteiger partial charge in [0.1, 0.15) is 0 Å². The fraction of sp³-hybridized carbons (Fsp3) is 0.133. The molecule has 97 valence electrons. The van der Waals surface area contributed by atoms with E-state index < -0.39 is 20.8 Å². The molecule has 0 atom stereocenters. The maximum atomic E-state index is 4.93. The Labute approximate surface area is 133 Å². The third-order valence-corrected chi connectivity index (χ3v) is 3.11. The van der Waals surface area contributed by atoms with Gasteiger partial charge in [0.05, 0.1) is 0 Å². The van der Waals surface area contributed by atoms with Gasteiger partial charge in [-0.1, -0.05) is 30.3 Å². The number of halogens is 2. The average molecular weight is 370 g/mol. The molecule has 1 aliphatic rings. The molecule has 1 nitrogen and oxygen atoms in total. The topological polar surface area (TPSA) is 3.24 Å². The molecule has 0 aliphatic heterocycles. The van der Waals surface area contributed by atoms with Gasteiger partial charge >= 0.3 is 37.9 Å². The number of nitrogens with zero attached hydrogens (tertiary/aromatic N) is 1. The predicted molar refractivity (Wildman–Crippen MR) is 80.4 cm³/mol. The first-order chi connectivity index (χ1) is 9.17. The molecular formula is C15H14Cl2NZr. The number of hydrogen-bond acceptors (Lipinski definition) is 1. The van der Waals surface area contributed by atoms with Gasteiger partial charge in [0, 0.05) is 26.2 Å². The van der Waals surface area contributed by atoms with Gasteiger partial charge in [0.15, 0.2) is 0 Å². The Morgan fingerprint density at radius 1 is 0.895 bits per heavy atom. The van der Waals surface area contributed by atoms with Crippen LogP contribution in [0.25, 0.3) is 11.1 Å². The summed E-state index contributed by atoms with van der Waals surface area (Å²) in [6.45, 7) is 0. The molecule has 19 heavy (non-hydrogen) atoms. The second-order valence-corrected chi connectivity index (χ2v) is 8.20. The molecule has 0 heterocycles. The minimum absolute atomic E-state index is 0.826. The monoisotopic (exact) mass is 368 g/mol. The van der Waals surface area contributed by atoms with Crippen molar-refractivity contribution in [2.75, 3.05) is 19.0 Å². The first-order valence-electron chi connectivity index (χ1n) is 5.89. The molecule has 0 saturated heterocycles. The van der Waals surface area contributed by atoms with E-state index in [-0.39, 0.29) is 0 Å². The van der Waals surface area contributed by atoms with Gasteiger partial charge in [-0.05, 0) is 34.4 Å². The summed E-state index contributed by atoms with van der Waals surface area (Å²) in [5, 5.41) is 0. The van der Waals surface area contributed by atoms with Gasteiger partial charge in [-0.2, -0.15) is 0 Å². The van der Waals surface area contributed by atoms with Crippen LogP contribution in [-0.2, 0) is 20.8 Å². The molecule has 1 radical (unpaired) electrons. The van der Waals surface area contributed by atoms with Crippen LogP contribution in [0.1, 0.15) is 11.1 Å². The summed E-state index contributed by atoms with van der Waals surface area (Å²) in [4.78, 5) is 2.14. The Bertz CT molecular complexity index is 570. The summed E-state index contributed by atoms with van der Waals surface area (Å²) >= 11 is -0.826. The molecule has 0 N–H and O–H groups in total. The molecule has 0 fully saturated rings. The number of benzene rings is 2. The SMILES string of the molecule is CN(C)c1ccc2c(c1)[CH]c1ccccc1-2.[Cl][Zr][Cl]. The van der Waals surface area contributed by atoms with Gasteiger partial charge in [0.2, 0.25) is 0 Å². The Balaban J connectivity index is 0.000000408. The standard InChI is InChI=1S/C15H14N.2ClH.Zr/c1-16(2)13-7-8-15-12(10-13)9-11-5-3-4-6-14(11)15;;;/h3-10H,1-2H3;2*1H;/q;;;+2/p-2. The summed E-state index contributed by atoms with van der Waals surface area (Å²) in [5.41, 5.74) is 6.60. The molecule has 0 aromatic heterocycles. The van der Waals surface area contributed by atoms with E-state index in [1.807, 2.05) is 0 Å². The van der Waals surface area contributed by atoms with Crippen molar-refractivity contribution in [3.63, 3.8) is 0 Å². The van der Waals surface area contributed by atoms with Crippen molar-refractivity contribution in [1.29, 1.82) is 0 Å². The Morgan fingerprint density at radius 2 is 1.53 bits per heavy atom. The minimum atomic E-state index is -0.826. The summed E-state index contributed by atoms with van der Waals surface area (Å²) < 4.78 is 0. The van der Waals surface area contributed by atoms with Crippen LogP contribution in [0.3, 0.4) is 0 Å². The van der Waals surface area contributed by atoms with E-state index in [1.165, 1.54) is 27.9 Å². The van der Waals surface area contributed by atoms with E-state index >= 15 is 0 Å². The quantitative estimate of drug-likeness (QED) is 0.600. The third kappa shape index (κ3) is 3.42. The molecule has 0 saturated carbocycles. The van der Waals surface area contributed by atoms with Gasteiger partial charge in [-0.3, -0.25) is 0 Å². The van der Waals surface area contributed by atoms with Gasteiger partial charge in [-0.25, -0.2) is 0 Å². The molecule has 0 amide bonds. The van der Waals surface area contributed by atoms with Crippen molar-refractivity contribution < 1.29 is 20.8 Å². The van der Waals surface area contributed by atoms with Crippen LogP contribution in [0.2, 0.25) is 0 Å². The van der Waals surface area contributed by atoms with Crippen LogP contribution >= 0.6 is 17.0 Å². The summed E-state index contributed by atoms with van der Waals surface area (Å²) in [7, 11) is 14.0. The zero-order chi connectivity index (χ0) is 13.8. The van der Waals surface area contributed by atoms with E-state index in [1.54, 1.807) is 0 Å². The van der Waals surface area contributed by atoms with E-state index in [4.69, 9.17) is 17.0 Å². The van der Waals surface area contributed by atoms with Gasteiger partial charge in [0.25, 0.3) is 0 Å². The normalized spacial score (nSPS) is 10.9. The Hall–Kier alpha value is -0.297. The average Bonchev–Trinajstić information content (AvgIpc) is 2.77. The second-order valence-electron chi connectivity index (χ2n) is 4.47. The second kappa shape index (κ2) is 6.93. The zero-order valence-corrected chi connectivity index (χ0v) is 14.8. The van der Waals surface area contributed by atoms with E-state index in [0.717, 1.165) is 0 Å². The summed E-state index contributed by atoms with van der Waals surface area (Å²) in [6.07, 6.45) is 2.26. The van der Waals surface area contributed by atoms with E-state index in [2.05, 4.69) is 67.9 Å². The molecule has 4 heteroatoms. The number of fused-ring (bicyclic) bond motifs is 3. The van der Waals surface area contributed by atoms with Crippen LogP contribution in [0.4, 0.5) is 5.69 Å². The van der Waals surface area contributed by atoms with Crippen molar-refractivity contribution in [2.24, 2.45) is 0 Å². The van der Waals surface area contributed by atoms with Crippen LogP contribution in [0.15, 0.2) is 42.5 Å². The van der Waals surface area contributed by atoms with Crippen molar-refractivity contribution in [3.05, 3.63) is 60.0 Å². The molecule has 0 spiro atoms. The van der Waals surface area contributed by atoms with Crippen molar-refractivity contribution in [2.45, 2.75) is 0 Å². The summed E-state index contributed by atoms with van der Waals surface area (Å²) in [5.74, 6) is 0. The first-order valence-corrected chi connectivity index (χ1v) is 12.2. The van der Waals surface area contributed by atoms with Gasteiger partial charge < -0.3 is 4.90 Å². The zero-order valence-electron chi connectivity index (χ0n) is 10.8. The van der Waals surface area contributed by atoms with Gasteiger partial charge in [-0.15, -0.1) is 0 Å². The van der Waals surface area contributed by atoms with Crippen LogP contribution < -0.4 is 4.90 Å². The van der Waals surface area contributed by atoms with Crippen molar-refractivity contribution in [3.8, 4) is 11.1 Å². The maximum absolute atomic E-state index is 4.93. The van der Waals surface area contributed by atoms with E-state index in [9.17, 15) is 0 Å². The van der Waals surface area contributed by atoms with Crippen LogP contribution in [-0.4, -0.2) is 14.1 Å². The fourth-order valence-electron chi connectivity index (χ4n) is 2.23. The van der Waals surface area contributed by atoms with Crippen LogP contribution in [0.5, 0.6) is 0 Å². The molecule has 2 aromatic carbocycles. The number of rotatable bonds is 1. The Kier molecular flexibility index (Phi) is 5.50. The summed E-state index contributed by atoms with van der Waals surface area (Å²) in [6, 6.07) is 15.2. The molecule has 1 aliphatic carbocycles. The molecule has 0 bridgehead atoms. The van der Waals surface area contributed by atoms with Crippen molar-refractivity contribution in [1.82, 2.24) is 0 Å². The van der Waals surface area contributed by atoms with E-state index in [0.29, 0.717) is 0 Å². The molecule has 2 aromatic rings. The molecule has 3 rings (SSSR count). The molecule has 0 unspecified atom stereocenters. The number of anilines is 1. The Morgan fingerprint density at radius 3 is 2.21 bits per heavy atom. The molecular weight excluding hydrogens is 356 g/mol. The first kappa shape index (κ1) is 15.1. The van der Waals surface area contributed by atoms with Crippen LogP contribution in [0, 0.1) is 6.42 Å². The van der Waals surface area contributed by atoms with Crippen molar-refractivity contribution >= 4 is 22.7 Å². The third-order valence-electron chi connectivity index (χ3n) is 3.11.